The first-order valence-corrected chi connectivity index (χ1v) is 8.21. The normalized spacial score (nSPS) is 11.3. The molecule has 7 nitrogen and oxygen atoms in total. The summed E-state index contributed by atoms with van der Waals surface area (Å²) >= 11 is 0. The molecule has 0 saturated carbocycles. The number of esters is 1. The molecule has 0 unspecified atom stereocenters. The third kappa shape index (κ3) is 4.84. The minimum Gasteiger partial charge on any atom is -0.493 e. The van der Waals surface area contributed by atoms with Gasteiger partial charge >= 0.3 is 5.97 Å². The van der Waals surface area contributed by atoms with Gasteiger partial charge in [0.2, 0.25) is 0 Å². The number of nitrogens with one attached hydrogen (secondary N) is 1. The maximum Gasteiger partial charge on any atom is 0.337 e. The van der Waals surface area contributed by atoms with Gasteiger partial charge in [-0.1, -0.05) is 12.1 Å². The Bertz CT molecular complexity index is 861. The fraction of sp³-hybridized carbons (Fsp3) is 0.250. The zero-order chi connectivity index (χ0) is 20.0. The molecule has 7 heteroatoms. The van der Waals surface area contributed by atoms with Crippen molar-refractivity contribution >= 4 is 23.3 Å². The van der Waals surface area contributed by atoms with Gasteiger partial charge in [-0.2, -0.15) is 0 Å². The molecule has 0 radical (unpaired) electrons. The summed E-state index contributed by atoms with van der Waals surface area (Å²) < 4.78 is 15.6. The average Bonchev–Trinajstić information content (AvgIpc) is 2.67. The second-order valence-corrected chi connectivity index (χ2v) is 5.71. The Labute approximate surface area is 157 Å². The fourth-order valence-corrected chi connectivity index (χ4v) is 2.39. The number of benzene rings is 2. The van der Waals surface area contributed by atoms with Crippen LogP contribution >= 0.6 is 0 Å². The van der Waals surface area contributed by atoms with Crippen molar-refractivity contribution in [2.45, 2.75) is 20.0 Å². The van der Waals surface area contributed by atoms with Crippen LogP contribution in [0.3, 0.4) is 0 Å². The Hall–Kier alpha value is -3.35. The van der Waals surface area contributed by atoms with Gasteiger partial charge in [0.15, 0.2) is 23.4 Å². The molecule has 0 aliphatic rings. The van der Waals surface area contributed by atoms with Crippen LogP contribution in [0.2, 0.25) is 0 Å². The van der Waals surface area contributed by atoms with E-state index in [1.54, 1.807) is 31.2 Å². The summed E-state index contributed by atoms with van der Waals surface area (Å²) in [5, 5.41) is 2.69. The topological polar surface area (TPSA) is 90.9 Å². The van der Waals surface area contributed by atoms with E-state index >= 15 is 0 Å². The van der Waals surface area contributed by atoms with Crippen LogP contribution in [0.1, 0.15) is 34.6 Å². The van der Waals surface area contributed by atoms with Crippen molar-refractivity contribution < 1.29 is 28.6 Å². The number of ether oxygens (including phenoxy) is 3. The van der Waals surface area contributed by atoms with Gasteiger partial charge in [-0.25, -0.2) is 4.79 Å². The molecule has 2 rings (SSSR count). The lowest BCUT2D eigenvalue weighted by atomic mass is 10.1. The van der Waals surface area contributed by atoms with Crippen molar-refractivity contribution in [3.05, 3.63) is 53.6 Å². The third-order valence-corrected chi connectivity index (χ3v) is 3.82. The van der Waals surface area contributed by atoms with Crippen molar-refractivity contribution in [3.8, 4) is 11.5 Å². The van der Waals surface area contributed by atoms with Crippen LogP contribution in [-0.4, -0.2) is 38.0 Å². The molecule has 1 N–H and O–H groups in total. The second-order valence-electron chi connectivity index (χ2n) is 5.71. The highest BCUT2D eigenvalue weighted by atomic mass is 16.5. The molecule has 142 valence electrons. The van der Waals surface area contributed by atoms with E-state index < -0.39 is 18.0 Å². The Morgan fingerprint density at radius 1 is 1.00 bits per heavy atom. The van der Waals surface area contributed by atoms with Crippen molar-refractivity contribution in [1.82, 2.24) is 0 Å². The van der Waals surface area contributed by atoms with Gasteiger partial charge < -0.3 is 19.5 Å². The highest BCUT2D eigenvalue weighted by molar-refractivity contribution is 6.04. The van der Waals surface area contributed by atoms with Crippen LogP contribution in [0.5, 0.6) is 11.5 Å². The van der Waals surface area contributed by atoms with Gasteiger partial charge in [0.05, 0.1) is 25.5 Å². The minimum atomic E-state index is -0.872. The molecule has 0 spiro atoms. The molecule has 0 saturated heterocycles. The number of anilines is 1. The SMILES string of the molecule is COC(=O)c1ccc(O[C@@H](C)C(=O)Nc2ccccc2C(C)=O)c(OC)c1. The molecule has 0 aliphatic heterocycles. The average molecular weight is 371 g/mol. The van der Waals surface area contributed by atoms with Gasteiger partial charge in [0.1, 0.15) is 0 Å². The number of carbonyl (C=O) groups is 3. The van der Waals surface area contributed by atoms with Gasteiger partial charge in [0, 0.05) is 5.56 Å². The molecule has 27 heavy (non-hydrogen) atoms. The van der Waals surface area contributed by atoms with Crippen molar-refractivity contribution in [1.29, 1.82) is 0 Å². The lowest BCUT2D eigenvalue weighted by Gasteiger charge is -2.18. The summed E-state index contributed by atoms with van der Waals surface area (Å²) in [6, 6.07) is 11.2. The molecule has 0 fully saturated rings. The van der Waals surface area contributed by atoms with Crippen LogP contribution < -0.4 is 14.8 Å². The fourth-order valence-electron chi connectivity index (χ4n) is 2.39. The molecule has 0 bridgehead atoms. The first-order valence-electron chi connectivity index (χ1n) is 8.21. The molecule has 0 aromatic heterocycles. The third-order valence-electron chi connectivity index (χ3n) is 3.82. The highest BCUT2D eigenvalue weighted by Crippen LogP contribution is 2.29. The lowest BCUT2D eigenvalue weighted by molar-refractivity contribution is -0.122. The predicted octanol–water partition coefficient (Wildman–Crippen LogP) is 3.09. The van der Waals surface area contributed by atoms with E-state index in [-0.39, 0.29) is 5.78 Å². The van der Waals surface area contributed by atoms with E-state index in [0.717, 1.165) is 0 Å². The lowest BCUT2D eigenvalue weighted by Crippen LogP contribution is -2.30. The Morgan fingerprint density at radius 2 is 1.70 bits per heavy atom. The summed E-state index contributed by atoms with van der Waals surface area (Å²) in [4.78, 5) is 35.7. The monoisotopic (exact) mass is 371 g/mol. The molecule has 2 aromatic carbocycles. The number of rotatable bonds is 7. The molecule has 0 heterocycles. The molecule has 2 aromatic rings. The van der Waals surface area contributed by atoms with E-state index in [9.17, 15) is 14.4 Å². The van der Waals surface area contributed by atoms with Crippen molar-refractivity contribution in [2.75, 3.05) is 19.5 Å². The largest absolute Gasteiger partial charge is 0.493 e. The highest BCUT2D eigenvalue weighted by Gasteiger charge is 2.20. The van der Waals surface area contributed by atoms with Gasteiger partial charge in [-0.05, 0) is 44.2 Å². The first kappa shape index (κ1) is 20.0. The summed E-state index contributed by atoms with van der Waals surface area (Å²) in [6.45, 7) is 3.00. The van der Waals surface area contributed by atoms with Gasteiger partial charge in [0.25, 0.3) is 5.91 Å². The first-order chi connectivity index (χ1) is 12.9. The van der Waals surface area contributed by atoms with Crippen LogP contribution in [0, 0.1) is 0 Å². The maximum absolute atomic E-state index is 12.5. The Kier molecular flexibility index (Phi) is 6.54. The van der Waals surface area contributed by atoms with Gasteiger partial charge in [-0.15, -0.1) is 0 Å². The van der Waals surface area contributed by atoms with E-state index in [2.05, 4.69) is 10.1 Å². The van der Waals surface area contributed by atoms with E-state index in [1.165, 1.54) is 39.3 Å². The molecule has 1 atom stereocenters. The van der Waals surface area contributed by atoms with Crippen molar-refractivity contribution in [2.24, 2.45) is 0 Å². The van der Waals surface area contributed by atoms with Crippen LogP contribution in [0.25, 0.3) is 0 Å². The number of amides is 1. The summed E-state index contributed by atoms with van der Waals surface area (Å²) in [7, 11) is 2.71. The standard InChI is InChI=1S/C20H21NO6/c1-12(22)15-7-5-6-8-16(15)21-19(23)13(2)27-17-10-9-14(20(24)26-4)11-18(17)25-3/h5-11,13H,1-4H3,(H,21,23)/t13-/m0/s1. The summed E-state index contributed by atoms with van der Waals surface area (Å²) in [6.07, 6.45) is -0.872. The summed E-state index contributed by atoms with van der Waals surface area (Å²) in [5.74, 6) is -0.497. The van der Waals surface area contributed by atoms with Crippen LogP contribution in [0.15, 0.2) is 42.5 Å². The molecule has 1 amide bonds. The van der Waals surface area contributed by atoms with Crippen LogP contribution in [0.4, 0.5) is 5.69 Å². The zero-order valence-electron chi connectivity index (χ0n) is 15.6. The van der Waals surface area contributed by atoms with E-state index in [0.29, 0.717) is 28.3 Å². The Balaban J connectivity index is 2.15. The quantitative estimate of drug-likeness (QED) is 0.594. The van der Waals surface area contributed by atoms with Crippen LogP contribution in [-0.2, 0) is 9.53 Å². The number of carbonyl (C=O) groups excluding carboxylic acids is 3. The number of hydrogen-bond acceptors (Lipinski definition) is 6. The predicted molar refractivity (Wildman–Crippen MR) is 99.5 cm³/mol. The molecule has 0 aliphatic carbocycles. The number of hydrogen-bond donors (Lipinski definition) is 1. The van der Waals surface area contributed by atoms with Gasteiger partial charge in [-0.3, -0.25) is 9.59 Å². The number of ketones is 1. The molecular formula is C20H21NO6. The minimum absolute atomic E-state index is 0.153. The molecular weight excluding hydrogens is 350 g/mol. The zero-order valence-corrected chi connectivity index (χ0v) is 15.6. The summed E-state index contributed by atoms with van der Waals surface area (Å²) in [5.41, 5.74) is 1.13. The van der Waals surface area contributed by atoms with Crippen molar-refractivity contribution in [3.63, 3.8) is 0 Å². The number of para-hydroxylation sites is 1. The maximum atomic E-state index is 12.5. The Morgan fingerprint density at radius 3 is 2.33 bits per heavy atom. The van der Waals surface area contributed by atoms with E-state index in [4.69, 9.17) is 9.47 Å². The second kappa shape index (κ2) is 8.84. The number of methoxy groups -OCH3 is 2. The van der Waals surface area contributed by atoms with E-state index in [1.807, 2.05) is 0 Å². The smallest absolute Gasteiger partial charge is 0.337 e. The number of Topliss-reactive ketones (excluding diaryl/α,β-unsaturated/α-hetero) is 1.